The maximum Gasteiger partial charge on any atom is 0.150 e. The molecule has 0 radical (unpaired) electrons. The van der Waals surface area contributed by atoms with Crippen molar-refractivity contribution < 1.29 is 4.74 Å². The van der Waals surface area contributed by atoms with Crippen LogP contribution in [0.1, 0.15) is 12.8 Å². The second-order valence-corrected chi connectivity index (χ2v) is 5.50. The first kappa shape index (κ1) is 14.0. The van der Waals surface area contributed by atoms with Crippen LogP contribution in [0.15, 0.2) is 54.6 Å². The van der Waals surface area contributed by atoms with Crippen molar-refractivity contribution in [3.8, 4) is 11.5 Å². The molecule has 21 heavy (non-hydrogen) atoms. The fourth-order valence-electron chi connectivity index (χ4n) is 2.67. The topological polar surface area (TPSA) is 33.3 Å². The van der Waals surface area contributed by atoms with E-state index in [1.54, 1.807) is 0 Å². The molecule has 1 aliphatic heterocycles. The van der Waals surface area contributed by atoms with Gasteiger partial charge in [-0.3, -0.25) is 0 Å². The Balaban J connectivity index is 1.64. The lowest BCUT2D eigenvalue weighted by atomic mass is 10.00. The number of ether oxygens (including phenoxy) is 1. The Hall–Kier alpha value is -2.00. The second kappa shape index (κ2) is 7.14. The van der Waals surface area contributed by atoms with Crippen LogP contribution in [-0.2, 0) is 0 Å². The Labute approximate surface area is 126 Å². The molecule has 1 heterocycles. The third-order valence-electron chi connectivity index (χ3n) is 3.84. The zero-order valence-electron chi connectivity index (χ0n) is 12.2. The van der Waals surface area contributed by atoms with Gasteiger partial charge in [0.1, 0.15) is 5.75 Å². The minimum atomic E-state index is 0.698. The van der Waals surface area contributed by atoms with E-state index in [0.29, 0.717) is 5.92 Å². The summed E-state index contributed by atoms with van der Waals surface area (Å²) in [5.74, 6) is 2.45. The van der Waals surface area contributed by atoms with Crippen LogP contribution in [0.3, 0.4) is 0 Å². The summed E-state index contributed by atoms with van der Waals surface area (Å²) < 4.78 is 5.97. The molecule has 3 nitrogen and oxygen atoms in total. The fraction of sp³-hybridized carbons (Fsp3) is 0.333. The van der Waals surface area contributed by atoms with Crippen molar-refractivity contribution in [2.24, 2.45) is 5.92 Å². The van der Waals surface area contributed by atoms with Gasteiger partial charge in [-0.1, -0.05) is 30.3 Å². The molecule has 2 aromatic carbocycles. The monoisotopic (exact) mass is 282 g/mol. The normalized spacial score (nSPS) is 18.2. The summed E-state index contributed by atoms with van der Waals surface area (Å²) >= 11 is 0. The van der Waals surface area contributed by atoms with E-state index in [1.165, 1.54) is 12.8 Å². The highest BCUT2D eigenvalue weighted by atomic mass is 16.5. The number of hydrogen-bond acceptors (Lipinski definition) is 3. The third-order valence-corrected chi connectivity index (χ3v) is 3.84. The van der Waals surface area contributed by atoms with Gasteiger partial charge in [0.2, 0.25) is 0 Å². The van der Waals surface area contributed by atoms with E-state index in [0.717, 1.165) is 36.8 Å². The Bertz CT molecular complexity index is 550. The van der Waals surface area contributed by atoms with Gasteiger partial charge in [-0.25, -0.2) is 0 Å². The van der Waals surface area contributed by atoms with Crippen LogP contribution in [0.25, 0.3) is 0 Å². The predicted molar refractivity (Wildman–Crippen MR) is 87.0 cm³/mol. The molecular formula is C18H22N2O. The van der Waals surface area contributed by atoms with E-state index in [2.05, 4.69) is 16.7 Å². The van der Waals surface area contributed by atoms with E-state index in [9.17, 15) is 0 Å². The van der Waals surface area contributed by atoms with Crippen molar-refractivity contribution in [3.05, 3.63) is 54.6 Å². The average Bonchev–Trinajstić information content (AvgIpc) is 2.56. The third kappa shape index (κ3) is 3.99. The quantitative estimate of drug-likeness (QED) is 0.873. The molecule has 1 atom stereocenters. The second-order valence-electron chi connectivity index (χ2n) is 5.50. The van der Waals surface area contributed by atoms with Crippen molar-refractivity contribution in [2.45, 2.75) is 12.8 Å². The summed E-state index contributed by atoms with van der Waals surface area (Å²) in [6, 6.07) is 18.0. The summed E-state index contributed by atoms with van der Waals surface area (Å²) in [5.41, 5.74) is 1.06. The Kier molecular flexibility index (Phi) is 4.74. The summed E-state index contributed by atoms with van der Waals surface area (Å²) in [6.45, 7) is 3.25. The molecule has 2 N–H and O–H groups in total. The molecule has 0 bridgehead atoms. The number of anilines is 1. The number of benzene rings is 2. The van der Waals surface area contributed by atoms with Crippen LogP contribution < -0.4 is 15.4 Å². The first-order valence-corrected chi connectivity index (χ1v) is 7.68. The fourth-order valence-corrected chi connectivity index (χ4v) is 2.67. The molecule has 110 valence electrons. The predicted octanol–water partition coefficient (Wildman–Crippen LogP) is 3.89. The highest BCUT2D eigenvalue weighted by Gasteiger charge is 2.13. The zero-order chi connectivity index (χ0) is 14.3. The largest absolute Gasteiger partial charge is 0.455 e. The van der Waals surface area contributed by atoms with E-state index >= 15 is 0 Å². The van der Waals surface area contributed by atoms with Crippen molar-refractivity contribution in [3.63, 3.8) is 0 Å². The van der Waals surface area contributed by atoms with Gasteiger partial charge in [0.15, 0.2) is 5.75 Å². The lowest BCUT2D eigenvalue weighted by molar-refractivity contribution is 0.392. The van der Waals surface area contributed by atoms with Crippen LogP contribution in [0.4, 0.5) is 5.69 Å². The molecular weight excluding hydrogens is 260 g/mol. The van der Waals surface area contributed by atoms with Crippen molar-refractivity contribution >= 4 is 5.69 Å². The molecule has 0 aliphatic carbocycles. The molecule has 1 aliphatic rings. The van der Waals surface area contributed by atoms with Crippen LogP contribution in [0, 0.1) is 5.92 Å². The van der Waals surface area contributed by atoms with Gasteiger partial charge in [-0.15, -0.1) is 0 Å². The smallest absolute Gasteiger partial charge is 0.150 e. The van der Waals surface area contributed by atoms with Gasteiger partial charge in [0.25, 0.3) is 0 Å². The highest BCUT2D eigenvalue weighted by Crippen LogP contribution is 2.29. The van der Waals surface area contributed by atoms with E-state index < -0.39 is 0 Å². The van der Waals surface area contributed by atoms with Crippen LogP contribution in [0.2, 0.25) is 0 Å². The number of piperidine rings is 1. The zero-order valence-corrected chi connectivity index (χ0v) is 12.2. The van der Waals surface area contributed by atoms with Gasteiger partial charge < -0.3 is 15.4 Å². The summed E-state index contributed by atoms with van der Waals surface area (Å²) in [5, 5.41) is 6.99. The number of nitrogens with one attached hydrogen (secondary N) is 2. The van der Waals surface area contributed by atoms with Crippen LogP contribution in [0.5, 0.6) is 11.5 Å². The standard InChI is InChI=1S/C18H22N2O/c1-2-8-16(9-3-1)21-18-11-5-4-10-17(18)20-14-15-7-6-12-19-13-15/h1-5,8-11,15,19-20H,6-7,12-14H2. The van der Waals surface area contributed by atoms with Crippen molar-refractivity contribution in [2.75, 3.05) is 25.0 Å². The first-order valence-electron chi connectivity index (χ1n) is 7.68. The lowest BCUT2D eigenvalue weighted by Crippen LogP contribution is -2.33. The van der Waals surface area contributed by atoms with E-state index in [4.69, 9.17) is 4.74 Å². The van der Waals surface area contributed by atoms with E-state index in [-0.39, 0.29) is 0 Å². The molecule has 3 heteroatoms. The highest BCUT2D eigenvalue weighted by molar-refractivity contribution is 5.57. The maximum absolute atomic E-state index is 5.97. The van der Waals surface area contributed by atoms with Gasteiger partial charge in [0, 0.05) is 6.54 Å². The summed E-state index contributed by atoms with van der Waals surface area (Å²) in [7, 11) is 0. The van der Waals surface area contributed by atoms with Gasteiger partial charge in [-0.05, 0) is 56.1 Å². The average molecular weight is 282 g/mol. The van der Waals surface area contributed by atoms with Crippen LogP contribution in [-0.4, -0.2) is 19.6 Å². The molecule has 0 aromatic heterocycles. The number of rotatable bonds is 5. The Morgan fingerprint density at radius 1 is 1.05 bits per heavy atom. The molecule has 0 spiro atoms. The van der Waals surface area contributed by atoms with Gasteiger partial charge in [-0.2, -0.15) is 0 Å². The molecule has 1 saturated heterocycles. The minimum absolute atomic E-state index is 0.698. The van der Waals surface area contributed by atoms with Gasteiger partial charge in [0.05, 0.1) is 5.69 Å². The van der Waals surface area contributed by atoms with Gasteiger partial charge >= 0.3 is 0 Å². The first-order chi connectivity index (χ1) is 10.4. The SMILES string of the molecule is c1ccc(Oc2ccccc2NCC2CCCNC2)cc1. The Morgan fingerprint density at radius 2 is 1.86 bits per heavy atom. The van der Waals surface area contributed by atoms with Crippen molar-refractivity contribution in [1.82, 2.24) is 5.32 Å². The Morgan fingerprint density at radius 3 is 2.67 bits per heavy atom. The van der Waals surface area contributed by atoms with E-state index in [1.807, 2.05) is 48.5 Å². The molecule has 1 unspecified atom stereocenters. The number of hydrogen-bond donors (Lipinski definition) is 2. The number of para-hydroxylation sites is 3. The maximum atomic E-state index is 5.97. The van der Waals surface area contributed by atoms with Crippen molar-refractivity contribution in [1.29, 1.82) is 0 Å². The molecule has 3 rings (SSSR count). The molecule has 1 fully saturated rings. The van der Waals surface area contributed by atoms with Crippen LogP contribution >= 0.6 is 0 Å². The summed E-state index contributed by atoms with van der Waals surface area (Å²) in [6.07, 6.45) is 2.57. The molecule has 0 amide bonds. The minimum Gasteiger partial charge on any atom is -0.455 e. The molecule has 2 aromatic rings. The lowest BCUT2D eigenvalue weighted by Gasteiger charge is -2.24. The summed E-state index contributed by atoms with van der Waals surface area (Å²) in [4.78, 5) is 0. The molecule has 0 saturated carbocycles.